The molecule has 5 heteroatoms. The second kappa shape index (κ2) is 6.85. The highest BCUT2D eigenvalue weighted by molar-refractivity contribution is 5.70. The van der Waals surface area contributed by atoms with Crippen LogP contribution >= 0.6 is 0 Å². The fourth-order valence-electron chi connectivity index (χ4n) is 1.93. The summed E-state index contributed by atoms with van der Waals surface area (Å²) in [6, 6.07) is 0. The zero-order valence-electron chi connectivity index (χ0n) is 11.3. The van der Waals surface area contributed by atoms with E-state index in [9.17, 15) is 9.59 Å². The molecule has 1 saturated heterocycles. The number of aldehydes is 1. The molecule has 0 N–H and O–H groups in total. The van der Waals surface area contributed by atoms with Crippen LogP contribution < -0.4 is 0 Å². The molecule has 0 bridgehead atoms. The molecule has 0 spiro atoms. The number of carbonyl (C=O) groups is 2. The van der Waals surface area contributed by atoms with Crippen LogP contribution in [0.5, 0.6) is 0 Å². The fourth-order valence-corrected chi connectivity index (χ4v) is 1.93. The minimum Gasteiger partial charge on any atom is -0.466 e. The van der Waals surface area contributed by atoms with Crippen molar-refractivity contribution in [2.45, 2.75) is 64.4 Å². The number of ether oxygens (including phenoxy) is 3. The Morgan fingerprint density at radius 1 is 1.44 bits per heavy atom. The van der Waals surface area contributed by atoms with E-state index >= 15 is 0 Å². The maximum absolute atomic E-state index is 11.6. The molecule has 0 aromatic heterocycles. The normalized spacial score (nSPS) is 26.6. The van der Waals surface area contributed by atoms with Crippen LogP contribution in [0.3, 0.4) is 0 Å². The third kappa shape index (κ3) is 5.14. The summed E-state index contributed by atoms with van der Waals surface area (Å²) in [7, 11) is 0. The Labute approximate surface area is 108 Å². The molecule has 1 fully saturated rings. The molecule has 104 valence electrons. The molecule has 0 unspecified atom stereocenters. The lowest BCUT2D eigenvalue weighted by atomic mass is 10.1. The number of unbranched alkanes of at least 4 members (excludes halogenated alkanes) is 1. The first kappa shape index (κ1) is 15.1. The van der Waals surface area contributed by atoms with Crippen molar-refractivity contribution in [2.24, 2.45) is 0 Å². The maximum Gasteiger partial charge on any atom is 0.308 e. The minimum absolute atomic E-state index is 0.168. The SMILES string of the molecule is CCCCOC(=O)C[C@H]1C[C@@H](C=O)OC(C)(C)O1. The molecule has 0 amide bonds. The van der Waals surface area contributed by atoms with Gasteiger partial charge in [-0.25, -0.2) is 0 Å². The predicted molar refractivity (Wildman–Crippen MR) is 65.0 cm³/mol. The van der Waals surface area contributed by atoms with E-state index in [0.29, 0.717) is 13.0 Å². The smallest absolute Gasteiger partial charge is 0.308 e. The number of hydrogen-bond donors (Lipinski definition) is 0. The topological polar surface area (TPSA) is 61.8 Å². The molecule has 1 aliphatic rings. The van der Waals surface area contributed by atoms with Crippen LogP contribution in [0.2, 0.25) is 0 Å². The molecule has 0 radical (unpaired) electrons. The summed E-state index contributed by atoms with van der Waals surface area (Å²) in [4.78, 5) is 22.4. The molecule has 0 saturated carbocycles. The van der Waals surface area contributed by atoms with Gasteiger partial charge >= 0.3 is 5.97 Å². The van der Waals surface area contributed by atoms with E-state index in [0.717, 1.165) is 19.1 Å². The number of rotatable bonds is 6. The average Bonchev–Trinajstić information content (AvgIpc) is 2.27. The standard InChI is InChI=1S/C13H22O5/c1-4-5-6-16-12(15)8-10-7-11(9-14)18-13(2,3)17-10/h9-11H,4-8H2,1-3H3/t10-,11+/m1/s1. The van der Waals surface area contributed by atoms with Gasteiger partial charge in [0.1, 0.15) is 12.4 Å². The highest BCUT2D eigenvalue weighted by Crippen LogP contribution is 2.27. The lowest BCUT2D eigenvalue weighted by Gasteiger charge is -2.38. The lowest BCUT2D eigenvalue weighted by Crippen LogP contribution is -2.45. The fraction of sp³-hybridized carbons (Fsp3) is 0.846. The largest absolute Gasteiger partial charge is 0.466 e. The van der Waals surface area contributed by atoms with Crippen molar-refractivity contribution < 1.29 is 23.8 Å². The number of carbonyl (C=O) groups excluding carboxylic acids is 2. The van der Waals surface area contributed by atoms with Crippen LogP contribution in [-0.2, 0) is 23.8 Å². The van der Waals surface area contributed by atoms with Crippen molar-refractivity contribution in [1.29, 1.82) is 0 Å². The Morgan fingerprint density at radius 3 is 2.78 bits per heavy atom. The minimum atomic E-state index is -0.835. The Hall–Kier alpha value is -0.940. The van der Waals surface area contributed by atoms with Crippen molar-refractivity contribution in [3.63, 3.8) is 0 Å². The summed E-state index contributed by atoms with van der Waals surface area (Å²) in [5.41, 5.74) is 0. The van der Waals surface area contributed by atoms with Crippen molar-refractivity contribution in [1.82, 2.24) is 0 Å². The van der Waals surface area contributed by atoms with E-state index in [-0.39, 0.29) is 18.5 Å². The van der Waals surface area contributed by atoms with Gasteiger partial charge in [0.05, 0.1) is 19.1 Å². The first-order valence-electron chi connectivity index (χ1n) is 6.43. The predicted octanol–water partition coefficient (Wildman–Crippen LogP) is 1.83. The molecule has 18 heavy (non-hydrogen) atoms. The van der Waals surface area contributed by atoms with Crippen molar-refractivity contribution in [2.75, 3.05) is 6.61 Å². The summed E-state index contributed by atoms with van der Waals surface area (Å²) in [5, 5.41) is 0. The first-order valence-corrected chi connectivity index (χ1v) is 6.43. The zero-order valence-corrected chi connectivity index (χ0v) is 11.3. The van der Waals surface area contributed by atoms with Gasteiger partial charge in [-0.15, -0.1) is 0 Å². The molecule has 1 rings (SSSR count). The van der Waals surface area contributed by atoms with E-state index in [4.69, 9.17) is 14.2 Å². The lowest BCUT2D eigenvalue weighted by molar-refractivity contribution is -0.291. The van der Waals surface area contributed by atoms with Crippen LogP contribution in [-0.4, -0.2) is 36.9 Å². The molecule has 0 aromatic carbocycles. The highest BCUT2D eigenvalue weighted by atomic mass is 16.7. The van der Waals surface area contributed by atoms with E-state index < -0.39 is 11.9 Å². The van der Waals surface area contributed by atoms with E-state index in [1.807, 2.05) is 6.92 Å². The van der Waals surface area contributed by atoms with Gasteiger partial charge in [-0.1, -0.05) is 13.3 Å². The Bertz CT molecular complexity index is 287. The zero-order chi connectivity index (χ0) is 13.6. The van der Waals surface area contributed by atoms with Gasteiger partial charge in [-0.3, -0.25) is 4.79 Å². The summed E-state index contributed by atoms with van der Waals surface area (Å²) in [6.07, 6.45) is 2.33. The van der Waals surface area contributed by atoms with Crippen molar-refractivity contribution in [3.05, 3.63) is 0 Å². The van der Waals surface area contributed by atoms with E-state index in [2.05, 4.69) is 0 Å². The van der Waals surface area contributed by atoms with Crippen LogP contribution in [0.1, 0.15) is 46.5 Å². The van der Waals surface area contributed by atoms with E-state index in [1.54, 1.807) is 13.8 Å². The van der Waals surface area contributed by atoms with Crippen LogP contribution in [0.25, 0.3) is 0 Å². The average molecular weight is 258 g/mol. The summed E-state index contributed by atoms with van der Waals surface area (Å²) >= 11 is 0. The Morgan fingerprint density at radius 2 is 2.17 bits per heavy atom. The molecule has 1 heterocycles. The second-order valence-corrected chi connectivity index (χ2v) is 4.95. The highest BCUT2D eigenvalue weighted by Gasteiger charge is 2.36. The van der Waals surface area contributed by atoms with Gasteiger partial charge in [-0.05, 0) is 20.3 Å². The first-order chi connectivity index (χ1) is 8.46. The van der Waals surface area contributed by atoms with Gasteiger partial charge in [0.15, 0.2) is 5.79 Å². The van der Waals surface area contributed by atoms with Gasteiger partial charge in [0.25, 0.3) is 0 Å². The van der Waals surface area contributed by atoms with E-state index in [1.165, 1.54) is 0 Å². The number of esters is 1. The maximum atomic E-state index is 11.6. The van der Waals surface area contributed by atoms with Gasteiger partial charge < -0.3 is 19.0 Å². The summed E-state index contributed by atoms with van der Waals surface area (Å²) in [6.45, 7) is 5.95. The molecule has 5 nitrogen and oxygen atoms in total. The van der Waals surface area contributed by atoms with Gasteiger partial charge in [-0.2, -0.15) is 0 Å². The summed E-state index contributed by atoms with van der Waals surface area (Å²) in [5.74, 6) is -1.12. The van der Waals surface area contributed by atoms with Crippen LogP contribution in [0.15, 0.2) is 0 Å². The summed E-state index contributed by atoms with van der Waals surface area (Å²) < 4.78 is 16.1. The molecule has 0 aromatic rings. The monoisotopic (exact) mass is 258 g/mol. The van der Waals surface area contributed by atoms with Crippen LogP contribution in [0, 0.1) is 0 Å². The Kier molecular flexibility index (Phi) is 5.75. The third-order valence-corrected chi connectivity index (χ3v) is 2.69. The quantitative estimate of drug-likeness (QED) is 0.413. The van der Waals surface area contributed by atoms with Crippen molar-refractivity contribution >= 4 is 12.3 Å². The second-order valence-electron chi connectivity index (χ2n) is 4.95. The molecule has 0 aliphatic carbocycles. The third-order valence-electron chi connectivity index (χ3n) is 2.69. The van der Waals surface area contributed by atoms with Crippen LogP contribution in [0.4, 0.5) is 0 Å². The van der Waals surface area contributed by atoms with Gasteiger partial charge in [0, 0.05) is 6.42 Å². The number of hydrogen-bond acceptors (Lipinski definition) is 5. The van der Waals surface area contributed by atoms with Gasteiger partial charge in [0.2, 0.25) is 0 Å². The Balaban J connectivity index is 2.40. The molecule has 1 aliphatic heterocycles. The molecular formula is C13H22O5. The molecular weight excluding hydrogens is 236 g/mol. The molecule has 2 atom stereocenters. The van der Waals surface area contributed by atoms with Crippen molar-refractivity contribution in [3.8, 4) is 0 Å².